The van der Waals surface area contributed by atoms with E-state index in [2.05, 4.69) is 41.5 Å². The fourth-order valence-corrected chi connectivity index (χ4v) is 1.21. The van der Waals surface area contributed by atoms with Crippen molar-refractivity contribution < 1.29 is 0 Å². The first-order valence-corrected chi connectivity index (χ1v) is 4.11. The summed E-state index contributed by atoms with van der Waals surface area (Å²) in [4.78, 5) is 2.32. The molecule has 0 atom stereocenters. The molecule has 12 heavy (non-hydrogen) atoms. The maximum atomic E-state index is 3.53. The van der Waals surface area contributed by atoms with Crippen LogP contribution >= 0.6 is 0 Å². The summed E-state index contributed by atoms with van der Waals surface area (Å²) in [5.74, 6) is 0. The molecular weight excluding hydrogens is 146 g/mol. The van der Waals surface area contributed by atoms with Crippen molar-refractivity contribution >= 4 is 11.8 Å². The maximum Gasteiger partial charge on any atom is 0.0367 e. The number of benzene rings is 1. The number of hydrogen-bond donors (Lipinski definition) is 0. The van der Waals surface area contributed by atoms with E-state index in [0.29, 0.717) is 0 Å². The Morgan fingerprint density at radius 1 is 1.25 bits per heavy atom. The van der Waals surface area contributed by atoms with E-state index >= 15 is 0 Å². The van der Waals surface area contributed by atoms with Crippen molar-refractivity contribution in [1.29, 1.82) is 0 Å². The summed E-state index contributed by atoms with van der Waals surface area (Å²) in [6.07, 6.45) is 1.88. The van der Waals surface area contributed by atoms with Crippen LogP contribution in [0.25, 0.3) is 6.08 Å². The van der Waals surface area contributed by atoms with Gasteiger partial charge in [-0.15, -0.1) is 5.73 Å². The van der Waals surface area contributed by atoms with Crippen molar-refractivity contribution in [2.75, 3.05) is 18.0 Å². The third-order valence-corrected chi connectivity index (χ3v) is 1.97. The van der Waals surface area contributed by atoms with Gasteiger partial charge in [0.05, 0.1) is 0 Å². The van der Waals surface area contributed by atoms with Crippen molar-refractivity contribution in [3.63, 3.8) is 0 Å². The van der Waals surface area contributed by atoms with E-state index in [4.69, 9.17) is 0 Å². The smallest absolute Gasteiger partial charge is 0.0367 e. The first-order valence-electron chi connectivity index (χ1n) is 4.11. The lowest BCUT2D eigenvalue weighted by Crippen LogP contribution is -1.89. The SMILES string of the molecule is C=C=Cc1ccc(N2CC2)cc1. The normalized spacial score (nSPS) is 13.8. The second-order valence-corrected chi connectivity index (χ2v) is 2.93. The monoisotopic (exact) mass is 157 g/mol. The molecule has 0 unspecified atom stereocenters. The van der Waals surface area contributed by atoms with Gasteiger partial charge in [0.2, 0.25) is 0 Å². The zero-order valence-electron chi connectivity index (χ0n) is 6.96. The maximum absolute atomic E-state index is 3.53. The molecule has 0 radical (unpaired) electrons. The highest BCUT2D eigenvalue weighted by Gasteiger charge is 2.16. The highest BCUT2D eigenvalue weighted by molar-refractivity contribution is 5.57. The summed E-state index contributed by atoms with van der Waals surface area (Å²) in [6.45, 7) is 5.94. The van der Waals surface area contributed by atoms with E-state index in [1.807, 2.05) is 6.08 Å². The van der Waals surface area contributed by atoms with Crippen molar-refractivity contribution in [1.82, 2.24) is 0 Å². The van der Waals surface area contributed by atoms with E-state index in [1.165, 1.54) is 18.8 Å². The quantitative estimate of drug-likeness (QED) is 0.470. The standard InChI is InChI=1S/C11H11N/c1-2-3-10-4-6-11(7-5-10)12-8-9-12/h3-7H,1,8-9H2. The van der Waals surface area contributed by atoms with Crippen LogP contribution in [0.4, 0.5) is 5.69 Å². The van der Waals surface area contributed by atoms with Crippen LogP contribution in [0.5, 0.6) is 0 Å². The molecule has 1 fully saturated rings. The summed E-state index contributed by atoms with van der Waals surface area (Å²) >= 11 is 0. The van der Waals surface area contributed by atoms with Crippen LogP contribution in [0.15, 0.2) is 36.6 Å². The second-order valence-electron chi connectivity index (χ2n) is 2.93. The predicted molar refractivity (Wildman–Crippen MR) is 52.3 cm³/mol. The largest absolute Gasteiger partial charge is 0.368 e. The zero-order valence-corrected chi connectivity index (χ0v) is 6.96. The lowest BCUT2D eigenvalue weighted by atomic mass is 10.2. The van der Waals surface area contributed by atoms with Gasteiger partial charge in [0.1, 0.15) is 0 Å². The highest BCUT2D eigenvalue weighted by Crippen LogP contribution is 2.21. The summed E-state index contributed by atoms with van der Waals surface area (Å²) < 4.78 is 0. The summed E-state index contributed by atoms with van der Waals surface area (Å²) in [7, 11) is 0. The average molecular weight is 157 g/mol. The molecule has 60 valence electrons. The molecule has 1 heterocycles. The van der Waals surface area contributed by atoms with E-state index in [1.54, 1.807) is 0 Å². The molecule has 1 aliphatic rings. The minimum absolute atomic E-state index is 1.16. The van der Waals surface area contributed by atoms with Crippen LogP contribution < -0.4 is 4.90 Å². The third kappa shape index (κ3) is 1.41. The molecule has 1 heteroatoms. The molecule has 0 aromatic heterocycles. The molecule has 0 spiro atoms. The average Bonchev–Trinajstić information content (AvgIpc) is 2.89. The lowest BCUT2D eigenvalue weighted by molar-refractivity contribution is 1.39. The second kappa shape index (κ2) is 2.88. The molecule has 0 bridgehead atoms. The lowest BCUT2D eigenvalue weighted by Gasteiger charge is -2.01. The molecule has 1 nitrogen and oxygen atoms in total. The molecule has 1 saturated heterocycles. The van der Waals surface area contributed by atoms with E-state index < -0.39 is 0 Å². The Morgan fingerprint density at radius 2 is 1.92 bits per heavy atom. The fraction of sp³-hybridized carbons (Fsp3) is 0.182. The van der Waals surface area contributed by atoms with Crippen LogP contribution in [0.1, 0.15) is 5.56 Å². The molecule has 1 aromatic carbocycles. The van der Waals surface area contributed by atoms with Crippen molar-refractivity contribution in [2.24, 2.45) is 0 Å². The Labute approximate surface area is 72.6 Å². The molecular formula is C11H11N. The van der Waals surface area contributed by atoms with E-state index in [0.717, 1.165) is 5.56 Å². The van der Waals surface area contributed by atoms with Gasteiger partial charge in [0, 0.05) is 18.8 Å². The molecule has 1 aromatic rings. The first kappa shape index (κ1) is 7.20. The van der Waals surface area contributed by atoms with Gasteiger partial charge in [-0.1, -0.05) is 18.7 Å². The van der Waals surface area contributed by atoms with Crippen LogP contribution in [0, 0.1) is 0 Å². The van der Waals surface area contributed by atoms with Crippen molar-refractivity contribution in [3.8, 4) is 0 Å². The number of rotatable bonds is 2. The van der Waals surface area contributed by atoms with Gasteiger partial charge in [-0.3, -0.25) is 0 Å². The molecule has 0 N–H and O–H groups in total. The van der Waals surface area contributed by atoms with Crippen LogP contribution in [0.2, 0.25) is 0 Å². The van der Waals surface area contributed by atoms with Crippen LogP contribution in [-0.4, -0.2) is 13.1 Å². The molecule has 1 aliphatic heterocycles. The summed E-state index contributed by atoms with van der Waals surface area (Å²) in [6, 6.07) is 8.45. The van der Waals surface area contributed by atoms with Crippen LogP contribution in [-0.2, 0) is 0 Å². The Morgan fingerprint density at radius 3 is 2.42 bits per heavy atom. The van der Waals surface area contributed by atoms with Crippen LogP contribution in [0.3, 0.4) is 0 Å². The predicted octanol–water partition coefficient (Wildman–Crippen LogP) is 2.30. The van der Waals surface area contributed by atoms with E-state index in [-0.39, 0.29) is 0 Å². The Hall–Kier alpha value is -1.46. The van der Waals surface area contributed by atoms with Gasteiger partial charge in [0.15, 0.2) is 0 Å². The van der Waals surface area contributed by atoms with Crippen molar-refractivity contribution in [2.45, 2.75) is 0 Å². The van der Waals surface area contributed by atoms with Gasteiger partial charge in [0.25, 0.3) is 0 Å². The summed E-state index contributed by atoms with van der Waals surface area (Å²) in [5, 5.41) is 0. The third-order valence-electron chi connectivity index (χ3n) is 1.97. The van der Waals surface area contributed by atoms with Gasteiger partial charge in [-0.05, 0) is 23.8 Å². The molecule has 0 aliphatic carbocycles. The van der Waals surface area contributed by atoms with E-state index in [9.17, 15) is 0 Å². The number of nitrogens with zero attached hydrogens (tertiary/aromatic N) is 1. The minimum atomic E-state index is 1.16. The zero-order chi connectivity index (χ0) is 8.39. The Balaban J connectivity index is 2.23. The van der Waals surface area contributed by atoms with Gasteiger partial charge >= 0.3 is 0 Å². The minimum Gasteiger partial charge on any atom is -0.368 e. The molecule has 2 rings (SSSR count). The molecule has 0 amide bonds. The Kier molecular flexibility index (Phi) is 1.73. The fourth-order valence-electron chi connectivity index (χ4n) is 1.21. The number of anilines is 1. The topological polar surface area (TPSA) is 3.01 Å². The summed E-state index contributed by atoms with van der Waals surface area (Å²) in [5.41, 5.74) is 5.24. The Bertz CT molecular complexity index is 313. The number of hydrogen-bond acceptors (Lipinski definition) is 1. The van der Waals surface area contributed by atoms with Crippen molar-refractivity contribution in [3.05, 3.63) is 42.1 Å². The van der Waals surface area contributed by atoms with Gasteiger partial charge in [-0.2, -0.15) is 0 Å². The van der Waals surface area contributed by atoms with Gasteiger partial charge < -0.3 is 4.90 Å². The molecule has 0 saturated carbocycles. The first-order chi connectivity index (χ1) is 5.90. The van der Waals surface area contributed by atoms with Gasteiger partial charge in [-0.25, -0.2) is 0 Å². The highest BCUT2D eigenvalue weighted by atomic mass is 15.3.